The van der Waals surface area contributed by atoms with Crippen molar-refractivity contribution in [2.75, 3.05) is 19.9 Å². The second kappa shape index (κ2) is 8.49. The van der Waals surface area contributed by atoms with Crippen LogP contribution in [0.1, 0.15) is 31.4 Å². The molecule has 3 heteroatoms. The number of benzene rings is 1. The van der Waals surface area contributed by atoms with Gasteiger partial charge in [0.2, 0.25) is 0 Å². The van der Waals surface area contributed by atoms with Crippen molar-refractivity contribution in [3.05, 3.63) is 29.3 Å². The number of rotatable bonds is 8. The predicted molar refractivity (Wildman–Crippen MR) is 86.5 cm³/mol. The molecule has 2 nitrogen and oxygen atoms in total. The summed E-state index contributed by atoms with van der Waals surface area (Å²) in [6.07, 6.45) is 2.25. The molecule has 19 heavy (non-hydrogen) atoms. The van der Waals surface area contributed by atoms with Crippen LogP contribution in [0.3, 0.4) is 0 Å². The van der Waals surface area contributed by atoms with Gasteiger partial charge in [0.05, 0.1) is 7.11 Å². The largest absolute Gasteiger partial charge is 0.496 e. The highest BCUT2D eigenvalue weighted by Crippen LogP contribution is 2.23. The van der Waals surface area contributed by atoms with Crippen molar-refractivity contribution in [3.63, 3.8) is 0 Å². The van der Waals surface area contributed by atoms with Crippen LogP contribution in [0.2, 0.25) is 0 Å². The zero-order chi connectivity index (χ0) is 14.3. The number of hydrogen-bond acceptors (Lipinski definition) is 3. The third kappa shape index (κ3) is 5.45. The van der Waals surface area contributed by atoms with E-state index in [0.29, 0.717) is 6.04 Å². The standard InChI is InChI=1S/C16H27NOS/c1-6-13(3)19-11-15(17-4)10-14-9-12(2)7-8-16(14)18-5/h7-9,13,15,17H,6,10-11H2,1-5H3. The molecule has 0 aliphatic rings. The summed E-state index contributed by atoms with van der Waals surface area (Å²) in [5.74, 6) is 2.14. The topological polar surface area (TPSA) is 21.3 Å². The molecule has 0 aliphatic heterocycles. The molecule has 108 valence electrons. The number of aryl methyl sites for hydroxylation is 1. The minimum atomic E-state index is 0.495. The third-order valence-corrected chi connectivity index (χ3v) is 4.96. The average Bonchev–Trinajstić information content (AvgIpc) is 2.43. The van der Waals surface area contributed by atoms with Crippen molar-refractivity contribution < 1.29 is 4.74 Å². The fourth-order valence-corrected chi connectivity index (χ4v) is 3.06. The zero-order valence-corrected chi connectivity index (χ0v) is 13.6. The molecule has 2 unspecified atom stereocenters. The van der Waals surface area contributed by atoms with Gasteiger partial charge in [0.25, 0.3) is 0 Å². The fourth-order valence-electron chi connectivity index (χ4n) is 1.97. The molecule has 0 bridgehead atoms. The van der Waals surface area contributed by atoms with Crippen LogP contribution >= 0.6 is 11.8 Å². The maximum absolute atomic E-state index is 5.46. The minimum Gasteiger partial charge on any atom is -0.496 e. The first-order valence-electron chi connectivity index (χ1n) is 7.03. The first-order valence-corrected chi connectivity index (χ1v) is 8.07. The van der Waals surface area contributed by atoms with Gasteiger partial charge in [-0.2, -0.15) is 11.8 Å². The lowest BCUT2D eigenvalue weighted by Crippen LogP contribution is -2.30. The van der Waals surface area contributed by atoms with Gasteiger partial charge in [-0.15, -0.1) is 0 Å². The van der Waals surface area contributed by atoms with E-state index in [0.717, 1.165) is 23.2 Å². The molecule has 0 aliphatic carbocycles. The Bertz CT molecular complexity index is 381. The summed E-state index contributed by atoms with van der Waals surface area (Å²) in [4.78, 5) is 0. The lowest BCUT2D eigenvalue weighted by atomic mass is 10.0. The van der Waals surface area contributed by atoms with Crippen molar-refractivity contribution in [1.29, 1.82) is 0 Å². The molecule has 0 spiro atoms. The van der Waals surface area contributed by atoms with E-state index in [9.17, 15) is 0 Å². The first-order chi connectivity index (χ1) is 9.10. The SMILES string of the molecule is CCC(C)SCC(Cc1cc(C)ccc1OC)NC. The Kier molecular flexibility index (Phi) is 7.32. The monoisotopic (exact) mass is 281 g/mol. The van der Waals surface area contributed by atoms with Gasteiger partial charge in [0.15, 0.2) is 0 Å². The molecule has 0 saturated heterocycles. The van der Waals surface area contributed by atoms with E-state index in [1.165, 1.54) is 17.5 Å². The molecular weight excluding hydrogens is 254 g/mol. The van der Waals surface area contributed by atoms with Crippen LogP contribution in [-0.4, -0.2) is 31.2 Å². The maximum atomic E-state index is 5.46. The summed E-state index contributed by atoms with van der Waals surface area (Å²) in [7, 11) is 3.79. The van der Waals surface area contributed by atoms with E-state index in [-0.39, 0.29) is 0 Å². The minimum absolute atomic E-state index is 0.495. The molecule has 1 rings (SSSR count). The summed E-state index contributed by atoms with van der Waals surface area (Å²) in [6.45, 7) is 6.67. The molecular formula is C16H27NOS. The van der Waals surface area contributed by atoms with Gasteiger partial charge >= 0.3 is 0 Å². The van der Waals surface area contributed by atoms with Gasteiger partial charge in [-0.25, -0.2) is 0 Å². The maximum Gasteiger partial charge on any atom is 0.122 e. The van der Waals surface area contributed by atoms with E-state index in [1.807, 2.05) is 18.8 Å². The van der Waals surface area contributed by atoms with E-state index < -0.39 is 0 Å². The van der Waals surface area contributed by atoms with Gasteiger partial charge in [-0.1, -0.05) is 31.5 Å². The van der Waals surface area contributed by atoms with Crippen molar-refractivity contribution >= 4 is 11.8 Å². The van der Waals surface area contributed by atoms with E-state index in [4.69, 9.17) is 4.74 Å². The predicted octanol–water partition coefficient (Wildman–Crippen LogP) is 3.67. The van der Waals surface area contributed by atoms with Gasteiger partial charge in [-0.3, -0.25) is 0 Å². The third-order valence-electron chi connectivity index (χ3n) is 3.47. The normalized spacial score (nSPS) is 14.2. The number of likely N-dealkylation sites (N-methyl/N-ethyl adjacent to an activating group) is 1. The first kappa shape index (κ1) is 16.4. The summed E-state index contributed by atoms with van der Waals surface area (Å²) in [5, 5.41) is 4.16. The van der Waals surface area contributed by atoms with Crippen molar-refractivity contribution in [3.8, 4) is 5.75 Å². The fraction of sp³-hybridized carbons (Fsp3) is 0.625. The number of ether oxygens (including phenoxy) is 1. The highest BCUT2D eigenvalue weighted by atomic mass is 32.2. The van der Waals surface area contributed by atoms with Gasteiger partial charge < -0.3 is 10.1 Å². The summed E-state index contributed by atoms with van der Waals surface area (Å²) < 4.78 is 5.46. The zero-order valence-electron chi connectivity index (χ0n) is 12.8. The van der Waals surface area contributed by atoms with Gasteiger partial charge in [-0.05, 0) is 38.4 Å². The van der Waals surface area contributed by atoms with Crippen molar-refractivity contribution in [2.45, 2.75) is 44.9 Å². The number of hydrogen-bond donors (Lipinski definition) is 1. The molecule has 0 aromatic heterocycles. The molecule has 0 fully saturated rings. The van der Waals surface area contributed by atoms with E-state index in [2.05, 4.69) is 44.3 Å². The molecule has 0 radical (unpaired) electrons. The number of methoxy groups -OCH3 is 1. The Morgan fingerprint density at radius 3 is 2.68 bits per heavy atom. The Hall–Kier alpha value is -0.670. The van der Waals surface area contributed by atoms with Gasteiger partial charge in [0, 0.05) is 17.0 Å². The van der Waals surface area contributed by atoms with Crippen LogP contribution in [0.5, 0.6) is 5.75 Å². The second-order valence-electron chi connectivity index (χ2n) is 5.06. The Morgan fingerprint density at radius 1 is 1.37 bits per heavy atom. The van der Waals surface area contributed by atoms with E-state index >= 15 is 0 Å². The van der Waals surface area contributed by atoms with Crippen LogP contribution in [0.4, 0.5) is 0 Å². The Balaban J connectivity index is 2.66. The molecule has 1 N–H and O–H groups in total. The molecule has 2 atom stereocenters. The lowest BCUT2D eigenvalue weighted by molar-refractivity contribution is 0.407. The smallest absolute Gasteiger partial charge is 0.122 e. The van der Waals surface area contributed by atoms with Crippen LogP contribution in [0.25, 0.3) is 0 Å². The number of nitrogens with one attached hydrogen (secondary N) is 1. The molecule has 1 aromatic rings. The lowest BCUT2D eigenvalue weighted by Gasteiger charge is -2.19. The highest BCUT2D eigenvalue weighted by Gasteiger charge is 2.12. The summed E-state index contributed by atoms with van der Waals surface area (Å²) in [5.41, 5.74) is 2.59. The van der Waals surface area contributed by atoms with Crippen LogP contribution < -0.4 is 10.1 Å². The highest BCUT2D eigenvalue weighted by molar-refractivity contribution is 7.99. The molecule has 0 heterocycles. The summed E-state index contributed by atoms with van der Waals surface area (Å²) >= 11 is 2.04. The number of thioether (sulfide) groups is 1. The quantitative estimate of drug-likeness (QED) is 0.785. The Labute approximate surface area is 122 Å². The van der Waals surface area contributed by atoms with Crippen LogP contribution in [0.15, 0.2) is 18.2 Å². The second-order valence-corrected chi connectivity index (χ2v) is 6.53. The summed E-state index contributed by atoms with van der Waals surface area (Å²) in [6, 6.07) is 6.90. The van der Waals surface area contributed by atoms with Gasteiger partial charge in [0.1, 0.15) is 5.75 Å². The van der Waals surface area contributed by atoms with Crippen molar-refractivity contribution in [1.82, 2.24) is 5.32 Å². The average molecular weight is 281 g/mol. The Morgan fingerprint density at radius 2 is 2.11 bits per heavy atom. The van der Waals surface area contributed by atoms with Crippen LogP contribution in [0, 0.1) is 6.92 Å². The van der Waals surface area contributed by atoms with E-state index in [1.54, 1.807) is 7.11 Å². The molecule has 0 amide bonds. The van der Waals surface area contributed by atoms with Crippen LogP contribution in [-0.2, 0) is 6.42 Å². The van der Waals surface area contributed by atoms with Crippen molar-refractivity contribution in [2.24, 2.45) is 0 Å². The molecule has 1 aromatic carbocycles. The molecule has 0 saturated carbocycles.